The van der Waals surface area contributed by atoms with E-state index in [9.17, 15) is 4.39 Å². The van der Waals surface area contributed by atoms with Crippen LogP contribution in [0.15, 0.2) is 22.4 Å². The fraction of sp³-hybridized carbons (Fsp3) is 0.200. The number of methoxy groups -OCH3 is 1. The van der Waals surface area contributed by atoms with Crippen LogP contribution in [0.5, 0.6) is 5.75 Å². The molecule has 0 spiro atoms. The van der Waals surface area contributed by atoms with E-state index in [2.05, 4.69) is 0 Å². The number of hydrogen-bond donors (Lipinski definition) is 0. The lowest BCUT2D eigenvalue weighted by molar-refractivity contribution is 0.387. The molecule has 1 heterocycles. The second kappa shape index (κ2) is 3.79. The van der Waals surface area contributed by atoms with E-state index >= 15 is 0 Å². The molecule has 74 valence electrons. The molecule has 14 heavy (non-hydrogen) atoms. The van der Waals surface area contributed by atoms with Crippen molar-refractivity contribution >= 4 is 33.2 Å². The predicted molar refractivity (Wildman–Crippen MR) is 60.1 cm³/mol. The van der Waals surface area contributed by atoms with Crippen LogP contribution in [0.1, 0.15) is 0 Å². The summed E-state index contributed by atoms with van der Waals surface area (Å²) in [6, 6.07) is 3.74. The maximum Gasteiger partial charge on any atom is 0.179 e. The summed E-state index contributed by atoms with van der Waals surface area (Å²) in [4.78, 5) is 0.636. The molecule has 4 heteroatoms. The van der Waals surface area contributed by atoms with Crippen molar-refractivity contribution in [2.45, 2.75) is 4.90 Å². The van der Waals surface area contributed by atoms with Crippen LogP contribution in [0, 0.1) is 5.82 Å². The van der Waals surface area contributed by atoms with E-state index in [1.807, 2.05) is 23.8 Å². The molecule has 0 aliphatic rings. The molecule has 0 N–H and O–H groups in total. The molecule has 1 aromatic heterocycles. The smallest absolute Gasteiger partial charge is 0.179 e. The second-order valence-electron chi connectivity index (χ2n) is 2.76. The maximum absolute atomic E-state index is 13.7. The van der Waals surface area contributed by atoms with Crippen molar-refractivity contribution in [3.8, 4) is 5.75 Å². The zero-order valence-corrected chi connectivity index (χ0v) is 9.47. The lowest BCUT2D eigenvalue weighted by atomic mass is 10.2. The molecule has 0 fully saturated rings. The van der Waals surface area contributed by atoms with Crippen LogP contribution in [0.3, 0.4) is 0 Å². The van der Waals surface area contributed by atoms with Gasteiger partial charge >= 0.3 is 0 Å². The van der Waals surface area contributed by atoms with Crippen molar-refractivity contribution in [2.24, 2.45) is 0 Å². The first-order valence-corrected chi connectivity index (χ1v) is 6.16. The Morgan fingerprint density at radius 2 is 2.29 bits per heavy atom. The summed E-state index contributed by atoms with van der Waals surface area (Å²) in [7, 11) is 1.50. The Bertz CT molecular complexity index is 464. The van der Waals surface area contributed by atoms with Crippen molar-refractivity contribution in [1.29, 1.82) is 0 Å². The SMILES string of the molecule is COc1c(F)c(SC)cc2sccc12. The Hall–Kier alpha value is -0.740. The van der Waals surface area contributed by atoms with Gasteiger partial charge in [0.15, 0.2) is 11.6 Å². The molecule has 0 saturated carbocycles. The van der Waals surface area contributed by atoms with Crippen molar-refractivity contribution in [3.63, 3.8) is 0 Å². The highest BCUT2D eigenvalue weighted by atomic mass is 32.2. The summed E-state index contributed by atoms with van der Waals surface area (Å²) in [6.07, 6.45) is 1.86. The lowest BCUT2D eigenvalue weighted by Gasteiger charge is -2.06. The first-order valence-electron chi connectivity index (χ1n) is 4.05. The Morgan fingerprint density at radius 3 is 2.93 bits per heavy atom. The molecule has 0 aliphatic carbocycles. The maximum atomic E-state index is 13.7. The molecule has 0 radical (unpaired) electrons. The number of thioether (sulfide) groups is 1. The Kier molecular flexibility index (Phi) is 2.65. The van der Waals surface area contributed by atoms with E-state index in [0.29, 0.717) is 10.6 Å². The number of benzene rings is 1. The lowest BCUT2D eigenvalue weighted by Crippen LogP contribution is -1.90. The van der Waals surface area contributed by atoms with Crippen molar-refractivity contribution in [1.82, 2.24) is 0 Å². The van der Waals surface area contributed by atoms with Gasteiger partial charge < -0.3 is 4.74 Å². The number of ether oxygens (including phenoxy) is 1. The molecule has 0 aliphatic heterocycles. The molecular formula is C10H9FOS2. The average Bonchev–Trinajstić information content (AvgIpc) is 2.64. The van der Waals surface area contributed by atoms with E-state index in [-0.39, 0.29) is 5.82 Å². The number of halogens is 1. The summed E-state index contributed by atoms with van der Waals surface area (Å²) in [5, 5.41) is 2.80. The van der Waals surface area contributed by atoms with Gasteiger partial charge in [-0.15, -0.1) is 23.1 Å². The molecule has 2 rings (SSSR count). The van der Waals surface area contributed by atoms with Crippen molar-refractivity contribution in [2.75, 3.05) is 13.4 Å². The summed E-state index contributed by atoms with van der Waals surface area (Å²) >= 11 is 2.99. The van der Waals surface area contributed by atoms with E-state index in [4.69, 9.17) is 4.74 Å². The minimum atomic E-state index is -0.258. The number of fused-ring (bicyclic) bond motifs is 1. The highest BCUT2D eigenvalue weighted by molar-refractivity contribution is 7.98. The zero-order valence-electron chi connectivity index (χ0n) is 7.83. The quantitative estimate of drug-likeness (QED) is 0.724. The molecular weight excluding hydrogens is 219 g/mol. The highest BCUT2D eigenvalue weighted by Gasteiger charge is 2.13. The number of thiophene rings is 1. The van der Waals surface area contributed by atoms with Gasteiger partial charge in [-0.2, -0.15) is 0 Å². The van der Waals surface area contributed by atoms with Crippen LogP contribution < -0.4 is 4.74 Å². The van der Waals surface area contributed by atoms with Gasteiger partial charge in [0.2, 0.25) is 0 Å². The van der Waals surface area contributed by atoms with Crippen LogP contribution in [0.25, 0.3) is 10.1 Å². The number of hydrogen-bond acceptors (Lipinski definition) is 3. The fourth-order valence-electron chi connectivity index (χ4n) is 1.38. The van der Waals surface area contributed by atoms with E-state index in [1.54, 1.807) is 11.3 Å². The molecule has 1 nitrogen and oxygen atoms in total. The number of rotatable bonds is 2. The largest absolute Gasteiger partial charge is 0.493 e. The molecule has 0 bridgehead atoms. The Morgan fingerprint density at radius 1 is 1.50 bits per heavy atom. The minimum absolute atomic E-state index is 0.258. The van der Waals surface area contributed by atoms with Crippen molar-refractivity contribution in [3.05, 3.63) is 23.3 Å². The fourth-order valence-corrected chi connectivity index (χ4v) is 2.79. The molecule has 0 amide bonds. The van der Waals surface area contributed by atoms with Crippen LogP contribution in [0.2, 0.25) is 0 Å². The molecule has 0 atom stereocenters. The monoisotopic (exact) mass is 228 g/mol. The van der Waals surface area contributed by atoms with Crippen LogP contribution >= 0.6 is 23.1 Å². The Labute approximate surface area is 89.9 Å². The van der Waals surface area contributed by atoms with Crippen LogP contribution in [0.4, 0.5) is 4.39 Å². The van der Waals surface area contributed by atoms with Crippen LogP contribution in [-0.4, -0.2) is 13.4 Å². The first-order chi connectivity index (χ1) is 6.77. The van der Waals surface area contributed by atoms with Gasteiger partial charge in [0.25, 0.3) is 0 Å². The molecule has 2 aromatic rings. The van der Waals surface area contributed by atoms with Gasteiger partial charge in [-0.05, 0) is 23.8 Å². The highest BCUT2D eigenvalue weighted by Crippen LogP contribution is 2.37. The summed E-state index contributed by atoms with van der Waals surface area (Å²) in [6.45, 7) is 0. The topological polar surface area (TPSA) is 9.23 Å². The third kappa shape index (κ3) is 1.38. The standard InChI is InChI=1S/C10H9FOS2/c1-12-10-6-3-4-14-7(6)5-8(13-2)9(10)11/h3-5H,1-2H3. The summed E-state index contributed by atoms with van der Waals surface area (Å²) < 4.78 is 19.9. The van der Waals surface area contributed by atoms with Gasteiger partial charge in [-0.3, -0.25) is 0 Å². The van der Waals surface area contributed by atoms with Crippen LogP contribution in [-0.2, 0) is 0 Å². The molecule has 0 saturated heterocycles. The van der Waals surface area contributed by atoms with Gasteiger partial charge in [0, 0.05) is 15.0 Å². The second-order valence-corrected chi connectivity index (χ2v) is 4.55. The van der Waals surface area contributed by atoms with Gasteiger partial charge in [0.1, 0.15) is 0 Å². The summed E-state index contributed by atoms with van der Waals surface area (Å²) in [5.41, 5.74) is 0. The van der Waals surface area contributed by atoms with Gasteiger partial charge in [-0.25, -0.2) is 4.39 Å². The minimum Gasteiger partial charge on any atom is -0.493 e. The molecule has 0 unspecified atom stereocenters. The summed E-state index contributed by atoms with van der Waals surface area (Å²) in [5.74, 6) is 0.0963. The third-order valence-electron chi connectivity index (χ3n) is 2.04. The van der Waals surface area contributed by atoms with E-state index in [1.165, 1.54) is 18.9 Å². The first kappa shape index (κ1) is 9.80. The van der Waals surface area contributed by atoms with E-state index < -0.39 is 0 Å². The third-order valence-corrected chi connectivity index (χ3v) is 3.64. The van der Waals surface area contributed by atoms with Gasteiger partial charge in [-0.1, -0.05) is 0 Å². The normalized spacial score (nSPS) is 10.8. The zero-order chi connectivity index (χ0) is 10.1. The Balaban J connectivity index is 2.80. The average molecular weight is 228 g/mol. The van der Waals surface area contributed by atoms with Gasteiger partial charge in [0.05, 0.1) is 7.11 Å². The predicted octanol–water partition coefficient (Wildman–Crippen LogP) is 3.77. The molecule has 1 aromatic carbocycles. The van der Waals surface area contributed by atoms with E-state index in [0.717, 1.165) is 10.1 Å². The van der Waals surface area contributed by atoms with Crippen molar-refractivity contribution < 1.29 is 9.13 Å².